The third kappa shape index (κ3) is 5.74. The van der Waals surface area contributed by atoms with Crippen molar-refractivity contribution >= 4 is 17.9 Å². The number of carbonyl (C=O) groups is 2. The van der Waals surface area contributed by atoms with E-state index in [9.17, 15) is 19.7 Å². The highest BCUT2D eigenvalue weighted by molar-refractivity contribution is 5.79. The number of ether oxygens (including phenoxy) is 2. The molecular weight excluding hydrogens is 440 g/mol. The third-order valence-corrected chi connectivity index (χ3v) is 6.64. The van der Waals surface area contributed by atoms with Crippen molar-refractivity contribution in [2.45, 2.75) is 57.0 Å². The van der Waals surface area contributed by atoms with Gasteiger partial charge in [0.1, 0.15) is 17.9 Å². The zero-order chi connectivity index (χ0) is 23.9. The van der Waals surface area contributed by atoms with Gasteiger partial charge in [-0.05, 0) is 74.7 Å². The fraction of sp³-hybridized carbons (Fsp3) is 0.500. The smallest absolute Gasteiger partial charge is 0.356 e. The van der Waals surface area contributed by atoms with Crippen molar-refractivity contribution in [3.05, 3.63) is 52.0 Å². The van der Waals surface area contributed by atoms with Gasteiger partial charge in [-0.15, -0.1) is 0 Å². The second-order valence-corrected chi connectivity index (χ2v) is 8.80. The minimum Gasteiger partial charge on any atom is -0.458 e. The van der Waals surface area contributed by atoms with E-state index in [0.29, 0.717) is 43.2 Å². The number of rotatable bonds is 9. The summed E-state index contributed by atoms with van der Waals surface area (Å²) in [5.74, 6) is 1.08. The Morgan fingerprint density at radius 1 is 1.12 bits per heavy atom. The van der Waals surface area contributed by atoms with Crippen LogP contribution >= 0.6 is 0 Å². The third-order valence-electron chi connectivity index (χ3n) is 6.64. The fourth-order valence-electron chi connectivity index (χ4n) is 4.77. The molecule has 1 aromatic carbocycles. The van der Waals surface area contributed by atoms with Gasteiger partial charge in [-0.3, -0.25) is 19.7 Å². The van der Waals surface area contributed by atoms with Gasteiger partial charge < -0.3 is 14.8 Å². The van der Waals surface area contributed by atoms with Crippen LogP contribution in [0.3, 0.4) is 0 Å². The van der Waals surface area contributed by atoms with Crippen LogP contribution in [0.2, 0.25) is 0 Å². The molecule has 0 spiro atoms. The van der Waals surface area contributed by atoms with E-state index in [1.165, 1.54) is 6.33 Å². The lowest BCUT2D eigenvalue weighted by Gasteiger charge is -2.25. The van der Waals surface area contributed by atoms with Crippen molar-refractivity contribution in [2.24, 2.45) is 5.92 Å². The Morgan fingerprint density at radius 3 is 2.47 bits per heavy atom. The second-order valence-electron chi connectivity index (χ2n) is 8.80. The van der Waals surface area contributed by atoms with E-state index >= 15 is 0 Å². The molecule has 34 heavy (non-hydrogen) atoms. The predicted molar refractivity (Wildman–Crippen MR) is 122 cm³/mol. The fourth-order valence-corrected chi connectivity index (χ4v) is 4.77. The molecule has 180 valence electrons. The van der Waals surface area contributed by atoms with Crippen molar-refractivity contribution in [3.63, 3.8) is 0 Å². The standard InChI is InChI=1S/C24H28N4O6/c29-15-33-21(13-16-9-11-25-12-10-16)22-23(28(31)32)24(27-14-26-22)34-20-7-3-18(4-8-20)17-1-5-19(30)6-2-17/h3-4,7-8,14-17,21,25H,1-2,5-6,9-13H2. The molecule has 2 fully saturated rings. The summed E-state index contributed by atoms with van der Waals surface area (Å²) in [5, 5.41) is 15.3. The van der Waals surface area contributed by atoms with Crippen molar-refractivity contribution in [2.75, 3.05) is 13.1 Å². The van der Waals surface area contributed by atoms with Crippen LogP contribution in [0, 0.1) is 16.0 Å². The summed E-state index contributed by atoms with van der Waals surface area (Å²) in [6, 6.07) is 7.32. The topological polar surface area (TPSA) is 134 Å². The minimum atomic E-state index is -0.859. The van der Waals surface area contributed by atoms with Crippen LogP contribution in [0.25, 0.3) is 0 Å². The largest absolute Gasteiger partial charge is 0.458 e. The Hall–Kier alpha value is -3.40. The van der Waals surface area contributed by atoms with E-state index in [0.717, 1.165) is 44.3 Å². The van der Waals surface area contributed by atoms with Crippen LogP contribution < -0.4 is 10.1 Å². The van der Waals surface area contributed by atoms with Crippen LogP contribution in [-0.2, 0) is 14.3 Å². The molecule has 10 nitrogen and oxygen atoms in total. The van der Waals surface area contributed by atoms with Crippen molar-refractivity contribution in [3.8, 4) is 11.6 Å². The predicted octanol–water partition coefficient (Wildman–Crippen LogP) is 4.01. The maximum Gasteiger partial charge on any atom is 0.356 e. The highest BCUT2D eigenvalue weighted by Gasteiger charge is 2.33. The summed E-state index contributed by atoms with van der Waals surface area (Å²) >= 11 is 0. The van der Waals surface area contributed by atoms with Gasteiger partial charge in [0.25, 0.3) is 6.47 Å². The molecule has 1 aromatic heterocycles. The number of hydrogen-bond donors (Lipinski definition) is 1. The second kappa shape index (κ2) is 11.1. The normalized spacial score (nSPS) is 18.3. The number of aromatic nitrogens is 2. The summed E-state index contributed by atoms with van der Waals surface area (Å²) < 4.78 is 11.0. The number of carbonyl (C=O) groups excluding carboxylic acids is 2. The maximum atomic E-state index is 12.0. The van der Waals surface area contributed by atoms with Crippen LogP contribution in [0.4, 0.5) is 5.69 Å². The Balaban J connectivity index is 1.54. The molecule has 1 saturated carbocycles. The number of benzene rings is 1. The Morgan fingerprint density at radius 2 is 1.82 bits per heavy atom. The van der Waals surface area contributed by atoms with Crippen LogP contribution in [-0.4, -0.2) is 40.2 Å². The van der Waals surface area contributed by atoms with Crippen molar-refractivity contribution < 1.29 is 24.0 Å². The zero-order valence-electron chi connectivity index (χ0n) is 18.9. The molecule has 1 atom stereocenters. The first kappa shape index (κ1) is 23.7. The maximum absolute atomic E-state index is 12.0. The molecule has 4 rings (SSSR count). The number of nitro groups is 1. The van der Waals surface area contributed by atoms with Gasteiger partial charge in [0, 0.05) is 12.8 Å². The number of nitrogens with one attached hydrogen (secondary N) is 1. The van der Waals surface area contributed by atoms with Gasteiger partial charge in [0.15, 0.2) is 11.8 Å². The lowest BCUT2D eigenvalue weighted by Crippen LogP contribution is -2.29. The van der Waals surface area contributed by atoms with E-state index in [1.54, 1.807) is 12.1 Å². The van der Waals surface area contributed by atoms with E-state index in [-0.39, 0.29) is 17.5 Å². The number of hydrogen-bond acceptors (Lipinski definition) is 9. The number of Topliss-reactive ketones (excluding diaryl/α,β-unsaturated/α-hetero) is 1. The Kier molecular flexibility index (Phi) is 7.79. The quantitative estimate of drug-likeness (QED) is 0.329. The molecule has 0 amide bonds. The molecular formula is C24H28N4O6. The first-order chi connectivity index (χ1) is 16.5. The van der Waals surface area contributed by atoms with Gasteiger partial charge in [-0.25, -0.2) is 4.98 Å². The molecule has 2 aliphatic rings. The van der Waals surface area contributed by atoms with E-state index in [4.69, 9.17) is 9.47 Å². The molecule has 1 aliphatic heterocycles. The summed E-state index contributed by atoms with van der Waals surface area (Å²) in [7, 11) is 0. The Bertz CT molecular complexity index is 1010. The summed E-state index contributed by atoms with van der Waals surface area (Å²) in [5.41, 5.74) is 0.737. The van der Waals surface area contributed by atoms with Gasteiger partial charge in [-0.1, -0.05) is 12.1 Å². The summed E-state index contributed by atoms with van der Waals surface area (Å²) in [6.45, 7) is 2.01. The number of piperidine rings is 1. The van der Waals surface area contributed by atoms with Crippen molar-refractivity contribution in [1.82, 2.24) is 15.3 Å². The van der Waals surface area contributed by atoms with Gasteiger partial charge >= 0.3 is 11.6 Å². The highest BCUT2D eigenvalue weighted by Crippen LogP contribution is 2.39. The Labute approximate surface area is 197 Å². The zero-order valence-corrected chi connectivity index (χ0v) is 18.9. The number of ketones is 1. The molecule has 1 N–H and O–H groups in total. The van der Waals surface area contributed by atoms with Crippen LogP contribution in [0.15, 0.2) is 30.6 Å². The van der Waals surface area contributed by atoms with E-state index in [1.807, 2.05) is 12.1 Å². The molecule has 0 radical (unpaired) electrons. The average Bonchev–Trinajstić information content (AvgIpc) is 2.85. The number of nitrogens with zero attached hydrogens (tertiary/aromatic N) is 3. The van der Waals surface area contributed by atoms with Gasteiger partial charge in [-0.2, -0.15) is 4.98 Å². The van der Waals surface area contributed by atoms with E-state index in [2.05, 4.69) is 15.3 Å². The molecule has 1 saturated heterocycles. The lowest BCUT2D eigenvalue weighted by molar-refractivity contribution is -0.387. The molecule has 0 bridgehead atoms. The SMILES string of the molecule is O=COC(CC1CCNCC1)c1ncnc(Oc2ccc(C3CCC(=O)CC3)cc2)c1[N+](=O)[O-]. The lowest BCUT2D eigenvalue weighted by atomic mass is 9.83. The van der Waals surface area contributed by atoms with E-state index < -0.39 is 16.7 Å². The summed E-state index contributed by atoms with van der Waals surface area (Å²) in [4.78, 5) is 42.2. The molecule has 1 unspecified atom stereocenters. The van der Waals surface area contributed by atoms with Crippen LogP contribution in [0.1, 0.15) is 68.2 Å². The molecule has 2 aromatic rings. The molecule has 10 heteroatoms. The van der Waals surface area contributed by atoms with Crippen molar-refractivity contribution in [1.29, 1.82) is 0 Å². The average molecular weight is 469 g/mol. The first-order valence-electron chi connectivity index (χ1n) is 11.6. The van der Waals surface area contributed by atoms with Gasteiger partial charge in [0.2, 0.25) is 0 Å². The van der Waals surface area contributed by atoms with Crippen LogP contribution in [0.5, 0.6) is 11.6 Å². The van der Waals surface area contributed by atoms with Gasteiger partial charge in [0.05, 0.1) is 4.92 Å². The minimum absolute atomic E-state index is 0.0316. The monoisotopic (exact) mass is 468 g/mol. The molecule has 2 heterocycles. The highest BCUT2D eigenvalue weighted by atomic mass is 16.6. The first-order valence-corrected chi connectivity index (χ1v) is 11.6. The molecule has 1 aliphatic carbocycles. The summed E-state index contributed by atoms with van der Waals surface area (Å²) in [6.07, 6.45) is 5.41.